The smallest absolute Gasteiger partial charge is 0.354 e. The molecule has 0 unspecified atom stereocenters. The first kappa shape index (κ1) is 14.8. The zero-order valence-corrected chi connectivity index (χ0v) is 12.6. The van der Waals surface area contributed by atoms with Crippen molar-refractivity contribution in [1.82, 2.24) is 9.38 Å². The second-order valence-corrected chi connectivity index (χ2v) is 4.81. The molecule has 118 valence electrons. The topological polar surface area (TPSA) is 89.9 Å². The van der Waals surface area contributed by atoms with Gasteiger partial charge in [0, 0.05) is 11.5 Å². The van der Waals surface area contributed by atoms with E-state index < -0.39 is 17.5 Å². The number of aromatic amines is 1. The molecule has 1 N–H and O–H groups in total. The third-order valence-corrected chi connectivity index (χ3v) is 3.50. The van der Waals surface area contributed by atoms with Crippen LogP contribution < -0.4 is 5.56 Å². The predicted molar refractivity (Wildman–Crippen MR) is 82.8 cm³/mol. The number of hydrogen-bond donors (Lipinski definition) is 1. The van der Waals surface area contributed by atoms with Gasteiger partial charge in [0.2, 0.25) is 0 Å². The molecule has 0 fully saturated rings. The lowest BCUT2D eigenvalue weighted by Crippen LogP contribution is -2.18. The number of carbonyl (C=O) groups excluding carboxylic acids is 2. The third kappa shape index (κ3) is 2.26. The quantitative estimate of drug-likeness (QED) is 0.744. The maximum Gasteiger partial charge on any atom is 0.354 e. The minimum Gasteiger partial charge on any atom is -0.464 e. The molecular formula is C16H14N2O5. The first-order chi connectivity index (χ1) is 11.1. The summed E-state index contributed by atoms with van der Waals surface area (Å²) in [4.78, 5) is 39.2. The Morgan fingerprint density at radius 3 is 2.65 bits per heavy atom. The average Bonchev–Trinajstić information content (AvgIpc) is 2.88. The van der Waals surface area contributed by atoms with Gasteiger partial charge in [-0.2, -0.15) is 0 Å². The van der Waals surface area contributed by atoms with E-state index >= 15 is 0 Å². The summed E-state index contributed by atoms with van der Waals surface area (Å²) in [6.45, 7) is 1.90. The van der Waals surface area contributed by atoms with Crippen molar-refractivity contribution in [3.05, 3.63) is 51.9 Å². The predicted octanol–water partition coefficient (Wildman–Crippen LogP) is 1.74. The molecule has 7 heteroatoms. The number of esters is 2. The number of para-hydroxylation sites is 1. The van der Waals surface area contributed by atoms with Crippen molar-refractivity contribution in [2.75, 3.05) is 13.7 Å². The van der Waals surface area contributed by atoms with Crippen LogP contribution in [0.1, 0.15) is 27.8 Å². The summed E-state index contributed by atoms with van der Waals surface area (Å²) in [6.07, 6.45) is 0. The molecule has 0 spiro atoms. The van der Waals surface area contributed by atoms with Crippen molar-refractivity contribution in [3.8, 4) is 0 Å². The molecule has 0 aliphatic rings. The molecule has 0 saturated heterocycles. The van der Waals surface area contributed by atoms with Crippen LogP contribution in [0.25, 0.3) is 16.6 Å². The Balaban J connectivity index is 2.45. The lowest BCUT2D eigenvalue weighted by atomic mass is 10.2. The second-order valence-electron chi connectivity index (χ2n) is 4.81. The number of methoxy groups -OCH3 is 1. The van der Waals surface area contributed by atoms with Crippen molar-refractivity contribution in [2.24, 2.45) is 0 Å². The molecule has 0 bridgehead atoms. The van der Waals surface area contributed by atoms with Gasteiger partial charge in [-0.3, -0.25) is 9.20 Å². The van der Waals surface area contributed by atoms with Crippen LogP contribution in [0, 0.1) is 0 Å². The normalized spacial score (nSPS) is 10.9. The zero-order chi connectivity index (χ0) is 16.6. The molecule has 3 aromatic rings. The van der Waals surface area contributed by atoms with E-state index in [1.165, 1.54) is 11.5 Å². The molecule has 7 nitrogen and oxygen atoms in total. The van der Waals surface area contributed by atoms with Crippen molar-refractivity contribution in [1.29, 1.82) is 0 Å². The van der Waals surface area contributed by atoms with E-state index in [0.29, 0.717) is 10.9 Å². The molecule has 1 aromatic carbocycles. The van der Waals surface area contributed by atoms with Crippen LogP contribution in [0.15, 0.2) is 35.1 Å². The number of hydrogen-bond acceptors (Lipinski definition) is 5. The van der Waals surface area contributed by atoms with Crippen LogP contribution in [0.3, 0.4) is 0 Å². The second kappa shape index (κ2) is 5.60. The van der Waals surface area contributed by atoms with Crippen LogP contribution in [0.2, 0.25) is 0 Å². The van der Waals surface area contributed by atoms with E-state index in [9.17, 15) is 14.4 Å². The van der Waals surface area contributed by atoms with E-state index in [1.54, 1.807) is 31.2 Å². The fourth-order valence-electron chi connectivity index (χ4n) is 2.57. The van der Waals surface area contributed by atoms with Gasteiger partial charge in [-0.25, -0.2) is 9.59 Å². The Labute approximate surface area is 130 Å². The van der Waals surface area contributed by atoms with E-state index in [4.69, 9.17) is 4.74 Å². The van der Waals surface area contributed by atoms with Crippen molar-refractivity contribution >= 4 is 28.5 Å². The highest BCUT2D eigenvalue weighted by molar-refractivity contribution is 6.11. The Kier molecular flexibility index (Phi) is 3.61. The fourth-order valence-corrected chi connectivity index (χ4v) is 2.57. The van der Waals surface area contributed by atoms with Gasteiger partial charge in [0.25, 0.3) is 5.56 Å². The Hall–Kier alpha value is -3.09. The molecule has 0 aliphatic carbocycles. The van der Waals surface area contributed by atoms with Crippen LogP contribution in [0.5, 0.6) is 0 Å². The summed E-state index contributed by atoms with van der Waals surface area (Å²) in [5.41, 5.74) is 0.510. The van der Waals surface area contributed by atoms with Gasteiger partial charge in [-0.05, 0) is 13.0 Å². The minimum atomic E-state index is -0.690. The SMILES string of the molecule is CCOC(=O)c1c2ccccc2n2c(=O)cc(C(=O)OC)[nH]c12. The van der Waals surface area contributed by atoms with E-state index in [0.717, 1.165) is 6.07 Å². The Bertz CT molecular complexity index is 983. The van der Waals surface area contributed by atoms with Crippen LogP contribution in [0.4, 0.5) is 0 Å². The summed E-state index contributed by atoms with van der Waals surface area (Å²) >= 11 is 0. The fraction of sp³-hybridized carbons (Fsp3) is 0.188. The monoisotopic (exact) mass is 314 g/mol. The highest BCUT2D eigenvalue weighted by Gasteiger charge is 2.22. The van der Waals surface area contributed by atoms with Gasteiger partial charge in [0.15, 0.2) is 0 Å². The maximum absolute atomic E-state index is 12.4. The molecule has 23 heavy (non-hydrogen) atoms. The zero-order valence-electron chi connectivity index (χ0n) is 12.6. The highest BCUT2D eigenvalue weighted by atomic mass is 16.5. The maximum atomic E-state index is 12.4. The van der Waals surface area contributed by atoms with Gasteiger partial charge in [-0.1, -0.05) is 18.2 Å². The molecule has 0 atom stereocenters. The van der Waals surface area contributed by atoms with Gasteiger partial charge >= 0.3 is 11.9 Å². The molecule has 2 aromatic heterocycles. The summed E-state index contributed by atoms with van der Waals surface area (Å²) in [7, 11) is 1.21. The van der Waals surface area contributed by atoms with Crippen LogP contribution in [-0.2, 0) is 9.47 Å². The van der Waals surface area contributed by atoms with Crippen molar-refractivity contribution in [2.45, 2.75) is 6.92 Å². The molecule has 0 aliphatic heterocycles. The molecular weight excluding hydrogens is 300 g/mol. The Morgan fingerprint density at radius 1 is 1.22 bits per heavy atom. The Morgan fingerprint density at radius 2 is 1.96 bits per heavy atom. The van der Waals surface area contributed by atoms with E-state index in [2.05, 4.69) is 9.72 Å². The molecule has 0 radical (unpaired) electrons. The van der Waals surface area contributed by atoms with Gasteiger partial charge in [0.1, 0.15) is 16.9 Å². The average molecular weight is 314 g/mol. The number of carbonyl (C=O) groups is 2. The molecule has 0 saturated carbocycles. The van der Waals surface area contributed by atoms with Gasteiger partial charge in [-0.15, -0.1) is 0 Å². The first-order valence-corrected chi connectivity index (χ1v) is 7.00. The number of ether oxygens (including phenoxy) is 2. The van der Waals surface area contributed by atoms with E-state index in [1.807, 2.05) is 0 Å². The summed E-state index contributed by atoms with van der Waals surface area (Å²) in [6, 6.07) is 8.10. The minimum absolute atomic E-state index is 0.0293. The van der Waals surface area contributed by atoms with Gasteiger partial charge < -0.3 is 14.5 Å². The lowest BCUT2D eigenvalue weighted by Gasteiger charge is -2.04. The van der Waals surface area contributed by atoms with Crippen LogP contribution in [-0.4, -0.2) is 35.0 Å². The number of fused-ring (bicyclic) bond motifs is 3. The number of benzene rings is 1. The number of aromatic nitrogens is 2. The van der Waals surface area contributed by atoms with Gasteiger partial charge in [0.05, 0.1) is 19.2 Å². The number of nitrogens with zero attached hydrogens (tertiary/aromatic N) is 1. The standard InChI is InChI=1S/C16H14N2O5/c1-3-23-16(21)13-9-6-4-5-7-11(9)18-12(19)8-10(15(20)22-2)17-14(13)18/h4-8,17H,3H2,1-2H3. The molecule has 0 amide bonds. The lowest BCUT2D eigenvalue weighted by molar-refractivity contribution is 0.0528. The first-order valence-electron chi connectivity index (χ1n) is 7.00. The highest BCUT2D eigenvalue weighted by Crippen LogP contribution is 2.25. The number of H-pyrrole nitrogens is 1. The van der Waals surface area contributed by atoms with Crippen molar-refractivity contribution in [3.63, 3.8) is 0 Å². The largest absolute Gasteiger partial charge is 0.464 e. The molecule has 2 heterocycles. The number of rotatable bonds is 3. The van der Waals surface area contributed by atoms with E-state index in [-0.39, 0.29) is 23.5 Å². The summed E-state index contributed by atoms with van der Waals surface area (Å²) in [5, 5.41) is 0.571. The third-order valence-electron chi connectivity index (χ3n) is 3.50. The van der Waals surface area contributed by atoms with Crippen LogP contribution >= 0.6 is 0 Å². The molecule has 3 rings (SSSR count). The summed E-state index contributed by atoms with van der Waals surface area (Å²) < 4.78 is 11.0. The number of nitrogens with one attached hydrogen (secondary N) is 1. The summed E-state index contributed by atoms with van der Waals surface area (Å²) in [5.74, 6) is -1.26. The van der Waals surface area contributed by atoms with Crippen molar-refractivity contribution < 1.29 is 19.1 Å².